The molecule has 0 aliphatic rings. The van der Waals surface area contributed by atoms with Crippen molar-refractivity contribution >= 4 is 15.7 Å². The average Bonchev–Trinajstić information content (AvgIpc) is 2.43. The lowest BCUT2D eigenvalue weighted by Gasteiger charge is -2.13. The van der Waals surface area contributed by atoms with Crippen LogP contribution in [0.5, 0.6) is 5.75 Å². The number of benzene rings is 2. The van der Waals surface area contributed by atoms with Crippen molar-refractivity contribution in [1.82, 2.24) is 0 Å². The Morgan fingerprint density at radius 1 is 1.05 bits per heavy atom. The summed E-state index contributed by atoms with van der Waals surface area (Å²) in [4.78, 5) is 0.171. The van der Waals surface area contributed by atoms with Crippen molar-refractivity contribution in [3.05, 3.63) is 53.3 Å². The van der Waals surface area contributed by atoms with Gasteiger partial charge in [-0.3, -0.25) is 4.72 Å². The van der Waals surface area contributed by atoms with Gasteiger partial charge in [-0.2, -0.15) is 0 Å². The Hall–Kier alpha value is -2.08. The van der Waals surface area contributed by atoms with Gasteiger partial charge in [-0.1, -0.05) is 0 Å². The van der Waals surface area contributed by atoms with Gasteiger partial charge >= 0.3 is 0 Å². The van der Waals surface area contributed by atoms with E-state index in [0.29, 0.717) is 17.0 Å². The molecule has 0 saturated heterocycles. The smallest absolute Gasteiger partial charge is 0.262 e. The van der Waals surface area contributed by atoms with Gasteiger partial charge in [0.05, 0.1) is 12.0 Å². The molecule has 0 unspecified atom stereocenters. The van der Waals surface area contributed by atoms with Crippen LogP contribution in [0.25, 0.3) is 0 Å². The molecule has 0 saturated carbocycles. The molecule has 0 aliphatic carbocycles. The third-order valence-corrected chi connectivity index (χ3v) is 4.60. The number of aryl methyl sites for hydroxylation is 2. The number of methoxy groups -OCH3 is 1. The van der Waals surface area contributed by atoms with Crippen LogP contribution in [-0.4, -0.2) is 15.5 Å². The van der Waals surface area contributed by atoms with Crippen LogP contribution < -0.4 is 9.46 Å². The van der Waals surface area contributed by atoms with Crippen LogP contribution in [0, 0.1) is 19.7 Å². The Morgan fingerprint density at radius 3 is 2.24 bits per heavy atom. The van der Waals surface area contributed by atoms with Crippen molar-refractivity contribution in [3.8, 4) is 5.75 Å². The molecule has 0 aromatic heterocycles. The van der Waals surface area contributed by atoms with E-state index in [1.807, 2.05) is 0 Å². The van der Waals surface area contributed by atoms with Crippen molar-refractivity contribution < 1.29 is 17.5 Å². The van der Waals surface area contributed by atoms with E-state index >= 15 is 0 Å². The van der Waals surface area contributed by atoms with Crippen molar-refractivity contribution in [2.45, 2.75) is 18.7 Å². The molecular formula is C15H16FNO3S. The largest absolute Gasteiger partial charge is 0.496 e. The predicted molar refractivity (Wildman–Crippen MR) is 79.7 cm³/mol. The molecule has 0 spiro atoms. The molecule has 6 heteroatoms. The Balaban J connectivity index is 2.40. The van der Waals surface area contributed by atoms with Gasteiger partial charge in [-0.15, -0.1) is 0 Å². The molecular weight excluding hydrogens is 293 g/mol. The first kappa shape index (κ1) is 15.3. The maximum absolute atomic E-state index is 12.9. The summed E-state index contributed by atoms with van der Waals surface area (Å²) in [6.07, 6.45) is 0. The zero-order chi connectivity index (χ0) is 15.6. The van der Waals surface area contributed by atoms with Crippen LogP contribution in [-0.2, 0) is 10.0 Å². The number of sulfonamides is 1. The third kappa shape index (κ3) is 3.33. The highest BCUT2D eigenvalue weighted by Gasteiger charge is 2.19. The molecule has 0 radical (unpaired) electrons. The second kappa shape index (κ2) is 5.73. The van der Waals surface area contributed by atoms with Crippen LogP contribution in [0.3, 0.4) is 0 Å². The van der Waals surface area contributed by atoms with Crippen LogP contribution >= 0.6 is 0 Å². The van der Waals surface area contributed by atoms with Crippen molar-refractivity contribution in [2.24, 2.45) is 0 Å². The lowest BCUT2D eigenvalue weighted by Crippen LogP contribution is -2.14. The summed E-state index contributed by atoms with van der Waals surface area (Å²) in [5.74, 6) is 0.211. The Kier molecular flexibility index (Phi) is 4.18. The summed E-state index contributed by atoms with van der Waals surface area (Å²) in [5, 5.41) is 0. The Labute approximate surface area is 123 Å². The van der Waals surface area contributed by atoms with Crippen LogP contribution in [0.15, 0.2) is 41.3 Å². The lowest BCUT2D eigenvalue weighted by atomic mass is 10.1. The molecule has 0 amide bonds. The fourth-order valence-corrected chi connectivity index (χ4v) is 3.37. The molecule has 0 heterocycles. The number of anilines is 1. The van der Waals surface area contributed by atoms with E-state index in [-0.39, 0.29) is 4.90 Å². The average molecular weight is 309 g/mol. The molecule has 112 valence electrons. The monoisotopic (exact) mass is 309 g/mol. The maximum atomic E-state index is 12.9. The third-order valence-electron chi connectivity index (χ3n) is 3.08. The summed E-state index contributed by atoms with van der Waals surface area (Å²) >= 11 is 0. The summed E-state index contributed by atoms with van der Waals surface area (Å²) in [7, 11) is -2.20. The first-order chi connectivity index (χ1) is 9.83. The van der Waals surface area contributed by atoms with Gasteiger partial charge in [0.2, 0.25) is 0 Å². The van der Waals surface area contributed by atoms with Crippen molar-refractivity contribution in [2.75, 3.05) is 11.8 Å². The van der Waals surface area contributed by atoms with Crippen LogP contribution in [0.4, 0.5) is 10.1 Å². The second-order valence-electron chi connectivity index (χ2n) is 4.70. The molecule has 21 heavy (non-hydrogen) atoms. The normalized spacial score (nSPS) is 11.2. The summed E-state index contributed by atoms with van der Waals surface area (Å²) in [5.41, 5.74) is 1.61. The van der Waals surface area contributed by atoms with E-state index in [4.69, 9.17) is 4.74 Å². The quantitative estimate of drug-likeness (QED) is 0.943. The number of halogens is 1. The highest BCUT2D eigenvalue weighted by atomic mass is 32.2. The first-order valence-electron chi connectivity index (χ1n) is 6.27. The van der Waals surface area contributed by atoms with Gasteiger partial charge in [0.1, 0.15) is 11.6 Å². The molecule has 2 rings (SSSR count). The summed E-state index contributed by atoms with van der Waals surface area (Å²) in [6, 6.07) is 8.37. The first-order valence-corrected chi connectivity index (χ1v) is 7.75. The number of nitrogens with one attached hydrogen (secondary N) is 1. The fraction of sp³-hybridized carbons (Fsp3) is 0.200. The minimum atomic E-state index is -3.73. The van der Waals surface area contributed by atoms with Crippen LogP contribution in [0.1, 0.15) is 11.1 Å². The van der Waals surface area contributed by atoms with Crippen molar-refractivity contribution in [1.29, 1.82) is 0 Å². The summed E-state index contributed by atoms with van der Waals surface area (Å²) in [6.45, 7) is 3.47. The molecule has 2 aromatic carbocycles. The molecule has 0 bridgehead atoms. The van der Waals surface area contributed by atoms with E-state index in [2.05, 4.69) is 4.72 Å². The van der Waals surface area contributed by atoms with Gasteiger partial charge in [0.15, 0.2) is 0 Å². The van der Waals surface area contributed by atoms with E-state index in [1.165, 1.54) is 31.4 Å². The van der Waals surface area contributed by atoms with E-state index in [0.717, 1.165) is 5.56 Å². The van der Waals surface area contributed by atoms with Gasteiger partial charge in [-0.05, 0) is 61.4 Å². The Bertz CT molecular complexity index is 755. The van der Waals surface area contributed by atoms with Gasteiger partial charge in [0, 0.05) is 5.69 Å². The van der Waals surface area contributed by atoms with Gasteiger partial charge < -0.3 is 4.74 Å². The number of hydrogen-bond acceptors (Lipinski definition) is 3. The molecule has 0 aliphatic heterocycles. The molecule has 1 N–H and O–H groups in total. The predicted octanol–water partition coefficient (Wildman–Crippen LogP) is 3.25. The SMILES string of the molecule is COc1cc(C)c(S(=O)(=O)Nc2ccc(F)cc2)cc1C. The number of ether oxygens (including phenoxy) is 1. The number of hydrogen-bond donors (Lipinski definition) is 1. The standard InChI is InChI=1S/C15H16FNO3S/c1-10-9-15(11(2)8-14(10)20-3)21(18,19)17-13-6-4-12(16)5-7-13/h4-9,17H,1-3H3. The lowest BCUT2D eigenvalue weighted by molar-refractivity contribution is 0.411. The van der Waals surface area contributed by atoms with E-state index in [1.54, 1.807) is 26.0 Å². The van der Waals surface area contributed by atoms with E-state index in [9.17, 15) is 12.8 Å². The van der Waals surface area contributed by atoms with E-state index < -0.39 is 15.8 Å². The second-order valence-corrected chi connectivity index (χ2v) is 6.35. The summed E-state index contributed by atoms with van der Waals surface area (Å²) < 4.78 is 45.3. The highest BCUT2D eigenvalue weighted by Crippen LogP contribution is 2.27. The molecule has 4 nitrogen and oxygen atoms in total. The van der Waals surface area contributed by atoms with Gasteiger partial charge in [-0.25, -0.2) is 12.8 Å². The minimum Gasteiger partial charge on any atom is -0.496 e. The van der Waals surface area contributed by atoms with Crippen molar-refractivity contribution in [3.63, 3.8) is 0 Å². The molecule has 0 fully saturated rings. The minimum absolute atomic E-state index is 0.171. The van der Waals surface area contributed by atoms with Gasteiger partial charge in [0.25, 0.3) is 10.0 Å². The zero-order valence-corrected chi connectivity index (χ0v) is 12.8. The highest BCUT2D eigenvalue weighted by molar-refractivity contribution is 7.92. The molecule has 2 aromatic rings. The Morgan fingerprint density at radius 2 is 1.67 bits per heavy atom. The number of rotatable bonds is 4. The zero-order valence-electron chi connectivity index (χ0n) is 12.0. The maximum Gasteiger partial charge on any atom is 0.262 e. The topological polar surface area (TPSA) is 55.4 Å². The van der Waals surface area contributed by atoms with Crippen LogP contribution in [0.2, 0.25) is 0 Å². The fourth-order valence-electron chi connectivity index (χ4n) is 2.00. The molecule has 0 atom stereocenters.